The van der Waals surface area contributed by atoms with Gasteiger partial charge in [-0.2, -0.15) is 5.10 Å². The molecule has 0 spiro atoms. The second kappa shape index (κ2) is 6.29. The van der Waals surface area contributed by atoms with Gasteiger partial charge in [-0.1, -0.05) is 30.3 Å². The van der Waals surface area contributed by atoms with Gasteiger partial charge in [0, 0.05) is 5.56 Å². The summed E-state index contributed by atoms with van der Waals surface area (Å²) in [5.74, 6) is -0.165. The summed E-state index contributed by atoms with van der Waals surface area (Å²) in [6, 6.07) is 14.6. The van der Waals surface area contributed by atoms with E-state index in [9.17, 15) is 9.90 Å². The predicted octanol–water partition coefficient (Wildman–Crippen LogP) is 4.13. The van der Waals surface area contributed by atoms with Gasteiger partial charge >= 0.3 is 0 Å². The van der Waals surface area contributed by atoms with Crippen molar-refractivity contribution in [2.45, 2.75) is 0 Å². The number of carbonyl (C=O) groups is 1. The van der Waals surface area contributed by atoms with Crippen LogP contribution < -0.4 is 5.43 Å². The molecule has 0 saturated carbocycles. The van der Waals surface area contributed by atoms with Crippen LogP contribution in [-0.2, 0) is 0 Å². The van der Waals surface area contributed by atoms with Crippen molar-refractivity contribution in [1.29, 1.82) is 0 Å². The highest BCUT2D eigenvalue weighted by Gasteiger charge is 2.08. The molecular weight excluding hydrogens is 364 g/mol. The highest BCUT2D eigenvalue weighted by atomic mass is 79.9. The van der Waals surface area contributed by atoms with Crippen LogP contribution in [0.3, 0.4) is 0 Å². The Morgan fingerprint density at radius 2 is 2.00 bits per heavy atom. The van der Waals surface area contributed by atoms with E-state index in [1.54, 1.807) is 18.2 Å². The van der Waals surface area contributed by atoms with Gasteiger partial charge in [-0.15, -0.1) is 11.3 Å². The molecule has 2 aromatic carbocycles. The number of thiophene rings is 1. The largest absolute Gasteiger partial charge is 0.507 e. The summed E-state index contributed by atoms with van der Waals surface area (Å²) in [5.41, 5.74) is 3.04. The number of hydrogen-bond acceptors (Lipinski definition) is 4. The van der Waals surface area contributed by atoms with Gasteiger partial charge < -0.3 is 5.11 Å². The van der Waals surface area contributed by atoms with Gasteiger partial charge in [0.15, 0.2) is 0 Å². The lowest BCUT2D eigenvalue weighted by Gasteiger charge is -2.04. The van der Waals surface area contributed by atoms with E-state index in [4.69, 9.17) is 0 Å². The van der Waals surface area contributed by atoms with Crippen LogP contribution in [0.1, 0.15) is 15.2 Å². The first kappa shape index (κ1) is 14.7. The van der Waals surface area contributed by atoms with Crippen molar-refractivity contribution in [3.05, 3.63) is 62.8 Å². The minimum atomic E-state index is -0.285. The molecule has 1 aromatic heterocycles. The molecule has 3 aromatic rings. The Kier molecular flexibility index (Phi) is 4.22. The number of fused-ring (bicyclic) bond motifs is 1. The van der Waals surface area contributed by atoms with Crippen molar-refractivity contribution in [1.82, 2.24) is 5.43 Å². The Labute approximate surface area is 139 Å². The molecule has 1 amide bonds. The van der Waals surface area contributed by atoms with Crippen LogP contribution in [-0.4, -0.2) is 17.2 Å². The number of amides is 1. The second-order valence-electron chi connectivity index (χ2n) is 4.52. The number of phenols is 1. The highest BCUT2D eigenvalue weighted by Crippen LogP contribution is 2.25. The smallest absolute Gasteiger partial charge is 0.281 e. The van der Waals surface area contributed by atoms with Crippen molar-refractivity contribution in [3.8, 4) is 5.75 Å². The van der Waals surface area contributed by atoms with Crippen LogP contribution >= 0.6 is 27.3 Å². The summed E-state index contributed by atoms with van der Waals surface area (Å²) in [5, 5.41) is 15.8. The molecule has 0 aliphatic heterocycles. The summed E-state index contributed by atoms with van der Waals surface area (Å²) in [6.07, 6.45) is 1.46. The first-order valence-electron chi connectivity index (χ1n) is 6.44. The zero-order valence-corrected chi connectivity index (χ0v) is 13.7. The van der Waals surface area contributed by atoms with Crippen molar-refractivity contribution in [3.63, 3.8) is 0 Å². The maximum atomic E-state index is 11.9. The van der Waals surface area contributed by atoms with Gasteiger partial charge in [-0.05, 0) is 44.9 Å². The van der Waals surface area contributed by atoms with E-state index in [1.165, 1.54) is 17.6 Å². The van der Waals surface area contributed by atoms with E-state index in [1.807, 2.05) is 30.3 Å². The summed E-state index contributed by atoms with van der Waals surface area (Å²) in [7, 11) is 0. The molecular formula is C16H11BrN2O2S. The molecule has 0 bridgehead atoms. The third-order valence-electron chi connectivity index (χ3n) is 3.10. The monoisotopic (exact) mass is 374 g/mol. The van der Waals surface area contributed by atoms with E-state index < -0.39 is 0 Å². The number of aromatic hydroxyl groups is 1. The Balaban J connectivity index is 1.84. The molecule has 0 fully saturated rings. The number of phenolic OH excluding ortho intramolecular Hbond substituents is 1. The summed E-state index contributed by atoms with van der Waals surface area (Å²) in [6.45, 7) is 0. The van der Waals surface area contributed by atoms with Crippen LogP contribution in [0.4, 0.5) is 0 Å². The first-order chi connectivity index (χ1) is 10.6. The minimum Gasteiger partial charge on any atom is -0.507 e. The molecule has 4 nitrogen and oxygen atoms in total. The van der Waals surface area contributed by atoms with Gasteiger partial charge in [-0.25, -0.2) is 5.43 Å². The van der Waals surface area contributed by atoms with E-state index in [0.29, 0.717) is 10.4 Å². The molecule has 2 N–H and O–H groups in total. The average molecular weight is 375 g/mol. The topological polar surface area (TPSA) is 61.7 Å². The van der Waals surface area contributed by atoms with Crippen LogP contribution in [0.5, 0.6) is 5.75 Å². The van der Waals surface area contributed by atoms with Gasteiger partial charge in [0.1, 0.15) is 5.75 Å². The molecule has 110 valence electrons. The molecule has 0 atom stereocenters. The molecule has 6 heteroatoms. The van der Waals surface area contributed by atoms with Gasteiger partial charge in [0.05, 0.1) is 14.9 Å². The van der Waals surface area contributed by atoms with Crippen molar-refractivity contribution in [2.24, 2.45) is 5.10 Å². The predicted molar refractivity (Wildman–Crippen MR) is 92.7 cm³/mol. The number of rotatable bonds is 3. The van der Waals surface area contributed by atoms with Crippen LogP contribution in [0, 0.1) is 0 Å². The fourth-order valence-corrected chi connectivity index (χ4v) is 3.34. The van der Waals surface area contributed by atoms with Crippen molar-refractivity contribution < 1.29 is 9.90 Å². The number of benzene rings is 2. The maximum Gasteiger partial charge on any atom is 0.281 e. The van der Waals surface area contributed by atoms with E-state index in [2.05, 4.69) is 26.5 Å². The fraction of sp³-hybridized carbons (Fsp3) is 0. The number of nitrogens with zero attached hydrogens (tertiary/aromatic N) is 1. The first-order valence-corrected chi connectivity index (χ1v) is 8.05. The highest BCUT2D eigenvalue weighted by molar-refractivity contribution is 9.11. The third kappa shape index (κ3) is 3.03. The Bertz CT molecular complexity index is 873. The molecule has 0 aliphatic carbocycles. The SMILES string of the molecule is O=C(N/N=C/c1c(O)ccc2ccccc12)c1ccc(Br)s1. The van der Waals surface area contributed by atoms with Crippen molar-refractivity contribution >= 4 is 50.2 Å². The lowest BCUT2D eigenvalue weighted by Crippen LogP contribution is -2.16. The van der Waals surface area contributed by atoms with Gasteiger partial charge in [0.25, 0.3) is 5.91 Å². The molecule has 22 heavy (non-hydrogen) atoms. The lowest BCUT2D eigenvalue weighted by atomic mass is 10.0. The quantitative estimate of drug-likeness (QED) is 0.534. The summed E-state index contributed by atoms with van der Waals surface area (Å²) in [4.78, 5) is 12.5. The van der Waals surface area contributed by atoms with Crippen LogP contribution in [0.2, 0.25) is 0 Å². The van der Waals surface area contributed by atoms with E-state index in [0.717, 1.165) is 14.6 Å². The number of hydrazone groups is 1. The van der Waals surface area contributed by atoms with E-state index in [-0.39, 0.29) is 11.7 Å². The molecule has 0 aliphatic rings. The third-order valence-corrected chi connectivity index (χ3v) is 4.73. The van der Waals surface area contributed by atoms with Crippen LogP contribution in [0.25, 0.3) is 10.8 Å². The van der Waals surface area contributed by atoms with Gasteiger partial charge in [0.2, 0.25) is 0 Å². The Morgan fingerprint density at radius 3 is 2.77 bits per heavy atom. The molecule has 0 radical (unpaired) electrons. The maximum absolute atomic E-state index is 11.9. The number of halogens is 1. The number of carbonyl (C=O) groups excluding carboxylic acids is 1. The molecule has 3 rings (SSSR count). The van der Waals surface area contributed by atoms with E-state index >= 15 is 0 Å². The number of hydrogen-bond donors (Lipinski definition) is 2. The average Bonchev–Trinajstić information content (AvgIpc) is 2.96. The zero-order valence-electron chi connectivity index (χ0n) is 11.3. The molecule has 0 saturated heterocycles. The molecule has 0 unspecified atom stereocenters. The molecule has 1 heterocycles. The minimum absolute atomic E-state index is 0.121. The standard InChI is InChI=1S/C16H11BrN2O2S/c17-15-8-7-14(22-15)16(21)19-18-9-12-11-4-2-1-3-10(11)5-6-13(12)20/h1-9,20H,(H,19,21)/b18-9+. The lowest BCUT2D eigenvalue weighted by molar-refractivity contribution is 0.0959. The Hall–Kier alpha value is -2.18. The normalized spacial score (nSPS) is 11.1. The van der Waals surface area contributed by atoms with Gasteiger partial charge in [-0.3, -0.25) is 4.79 Å². The summed E-state index contributed by atoms with van der Waals surface area (Å²) >= 11 is 4.64. The zero-order chi connectivity index (χ0) is 15.5. The Morgan fingerprint density at radius 1 is 1.18 bits per heavy atom. The van der Waals surface area contributed by atoms with Crippen molar-refractivity contribution in [2.75, 3.05) is 0 Å². The summed E-state index contributed by atoms with van der Waals surface area (Å²) < 4.78 is 0.883. The second-order valence-corrected chi connectivity index (χ2v) is 6.99. The fourth-order valence-electron chi connectivity index (χ4n) is 2.07. The van der Waals surface area contributed by atoms with Crippen LogP contribution in [0.15, 0.2) is 57.4 Å². The number of nitrogens with one attached hydrogen (secondary N) is 1.